The molecular weight excluding hydrogens is 266 g/mol. The van der Waals surface area contributed by atoms with Crippen molar-refractivity contribution in [2.75, 3.05) is 33.9 Å². The van der Waals surface area contributed by atoms with Crippen molar-refractivity contribution in [2.45, 2.75) is 26.4 Å². The lowest BCUT2D eigenvalue weighted by Gasteiger charge is -2.19. The summed E-state index contributed by atoms with van der Waals surface area (Å²) in [5.41, 5.74) is 10.5. The second-order valence-corrected chi connectivity index (χ2v) is 5.09. The molecule has 0 aromatic rings. The number of esters is 1. The van der Waals surface area contributed by atoms with Crippen LogP contribution in [-0.4, -0.2) is 50.7 Å². The molecule has 0 aromatic heterocycles. The molecule has 0 aromatic carbocycles. The monoisotopic (exact) mass is 293 g/mol. The fourth-order valence-electron chi connectivity index (χ4n) is 0.843. The minimum atomic E-state index is -0.396. The predicted octanol–water partition coefficient (Wildman–Crippen LogP) is 0.111. The minimum absolute atomic E-state index is 0.188. The summed E-state index contributed by atoms with van der Waals surface area (Å²) in [5.74, 6) is -0.258. The van der Waals surface area contributed by atoms with E-state index in [2.05, 4.69) is 26.7 Å². The molecule has 0 bridgehead atoms. The Balaban J connectivity index is 0. The molecule has 8 heteroatoms. The van der Waals surface area contributed by atoms with Crippen molar-refractivity contribution in [3.05, 3.63) is 0 Å². The number of ether oxygens (including phenoxy) is 1. The first-order chi connectivity index (χ1) is 8.80. The van der Waals surface area contributed by atoms with Crippen molar-refractivity contribution < 1.29 is 9.53 Å². The van der Waals surface area contributed by atoms with E-state index in [1.807, 2.05) is 27.0 Å². The minimum Gasteiger partial charge on any atom is -0.459 e. The SMILES string of the molecule is CN=C(NNC)SC.CNNCC(=O)OC(C)(C)C. The molecule has 0 fully saturated rings. The Kier molecular flexibility index (Phi) is 13.2. The van der Waals surface area contributed by atoms with Crippen molar-refractivity contribution in [1.29, 1.82) is 0 Å². The Labute approximate surface area is 120 Å². The van der Waals surface area contributed by atoms with Gasteiger partial charge in [0.25, 0.3) is 0 Å². The van der Waals surface area contributed by atoms with Gasteiger partial charge in [0.2, 0.25) is 0 Å². The number of nitrogens with zero attached hydrogens (tertiary/aromatic N) is 1. The van der Waals surface area contributed by atoms with Gasteiger partial charge >= 0.3 is 5.97 Å². The van der Waals surface area contributed by atoms with Crippen LogP contribution in [0.1, 0.15) is 20.8 Å². The summed E-state index contributed by atoms with van der Waals surface area (Å²) < 4.78 is 5.00. The molecule has 4 N–H and O–H groups in total. The van der Waals surface area contributed by atoms with Crippen LogP contribution in [0.15, 0.2) is 4.99 Å². The van der Waals surface area contributed by atoms with Gasteiger partial charge in [-0.2, -0.15) is 0 Å². The molecule has 0 saturated heterocycles. The number of rotatable bonds is 4. The Morgan fingerprint density at radius 1 is 1.26 bits per heavy atom. The number of carbonyl (C=O) groups is 1. The molecule has 0 rings (SSSR count). The summed E-state index contributed by atoms with van der Waals surface area (Å²) in [6.45, 7) is 5.70. The van der Waals surface area contributed by atoms with Crippen LogP contribution in [0.4, 0.5) is 0 Å². The van der Waals surface area contributed by atoms with Crippen LogP contribution in [0.2, 0.25) is 0 Å². The molecule has 0 spiro atoms. The van der Waals surface area contributed by atoms with Gasteiger partial charge in [0, 0.05) is 14.1 Å². The van der Waals surface area contributed by atoms with E-state index in [0.29, 0.717) is 0 Å². The first-order valence-electron chi connectivity index (χ1n) is 5.85. The van der Waals surface area contributed by atoms with Gasteiger partial charge in [0.1, 0.15) is 12.1 Å². The van der Waals surface area contributed by atoms with Crippen LogP contribution in [0.5, 0.6) is 0 Å². The van der Waals surface area contributed by atoms with Gasteiger partial charge in [-0.3, -0.25) is 15.2 Å². The van der Waals surface area contributed by atoms with Crippen LogP contribution in [0, 0.1) is 0 Å². The topological polar surface area (TPSA) is 86.8 Å². The fraction of sp³-hybridized carbons (Fsp3) is 0.818. The van der Waals surface area contributed by atoms with E-state index in [1.54, 1.807) is 32.9 Å². The second kappa shape index (κ2) is 12.2. The molecule has 0 aliphatic rings. The molecule has 0 unspecified atom stereocenters. The van der Waals surface area contributed by atoms with Crippen LogP contribution in [0.3, 0.4) is 0 Å². The lowest BCUT2D eigenvalue weighted by molar-refractivity contribution is -0.153. The zero-order valence-electron chi connectivity index (χ0n) is 12.9. The van der Waals surface area contributed by atoms with Crippen molar-refractivity contribution in [3.63, 3.8) is 0 Å². The molecule has 0 saturated carbocycles. The summed E-state index contributed by atoms with van der Waals surface area (Å²) in [6, 6.07) is 0. The lowest BCUT2D eigenvalue weighted by atomic mass is 10.2. The maximum absolute atomic E-state index is 10.9. The molecule has 0 heterocycles. The third-order valence-corrected chi connectivity index (χ3v) is 2.13. The maximum atomic E-state index is 10.9. The Bertz CT molecular complexity index is 266. The standard InChI is InChI=1S/C7H16N2O2.C4H11N3S/c1-7(2,3)11-6(10)5-9-8-4;1-5-4(8-3)7-6-2/h8-9H,5H2,1-4H3;6H,1-3H3,(H,5,7). The van der Waals surface area contributed by atoms with Gasteiger partial charge in [-0.15, -0.1) is 0 Å². The predicted molar refractivity (Wildman–Crippen MR) is 82.0 cm³/mol. The van der Waals surface area contributed by atoms with E-state index in [9.17, 15) is 4.79 Å². The largest absolute Gasteiger partial charge is 0.459 e. The zero-order chi connectivity index (χ0) is 15.3. The summed E-state index contributed by atoms with van der Waals surface area (Å²) in [6.07, 6.45) is 1.96. The van der Waals surface area contributed by atoms with E-state index in [0.717, 1.165) is 5.17 Å². The highest BCUT2D eigenvalue weighted by Crippen LogP contribution is 2.05. The van der Waals surface area contributed by atoms with E-state index in [4.69, 9.17) is 4.74 Å². The van der Waals surface area contributed by atoms with Crippen LogP contribution >= 0.6 is 11.8 Å². The third-order valence-electron chi connectivity index (χ3n) is 1.46. The van der Waals surface area contributed by atoms with Gasteiger partial charge in [-0.1, -0.05) is 11.8 Å². The van der Waals surface area contributed by atoms with E-state index in [-0.39, 0.29) is 12.5 Å². The van der Waals surface area contributed by atoms with Crippen LogP contribution < -0.4 is 21.7 Å². The molecule has 0 atom stereocenters. The van der Waals surface area contributed by atoms with E-state index < -0.39 is 5.60 Å². The van der Waals surface area contributed by atoms with Gasteiger partial charge in [-0.25, -0.2) is 10.9 Å². The highest BCUT2D eigenvalue weighted by molar-refractivity contribution is 8.13. The number of thioether (sulfide) groups is 1. The number of hydrazine groups is 2. The average molecular weight is 293 g/mol. The summed E-state index contributed by atoms with van der Waals surface area (Å²) in [4.78, 5) is 14.8. The Morgan fingerprint density at radius 2 is 1.84 bits per heavy atom. The molecule has 7 nitrogen and oxygen atoms in total. The molecule has 0 aliphatic heterocycles. The van der Waals surface area contributed by atoms with Crippen molar-refractivity contribution in [3.8, 4) is 0 Å². The van der Waals surface area contributed by atoms with Gasteiger partial charge in [0.15, 0.2) is 5.17 Å². The fourth-order valence-corrected chi connectivity index (χ4v) is 1.23. The quantitative estimate of drug-likeness (QED) is 0.253. The molecular formula is C11H27N5O2S. The molecule has 19 heavy (non-hydrogen) atoms. The summed E-state index contributed by atoms with van der Waals surface area (Å²) in [5, 5.41) is 0.896. The highest BCUT2D eigenvalue weighted by Gasteiger charge is 2.15. The van der Waals surface area contributed by atoms with Gasteiger partial charge in [0.05, 0.1) is 0 Å². The number of amidine groups is 1. The number of aliphatic imine (C=N–C) groups is 1. The van der Waals surface area contributed by atoms with E-state index in [1.165, 1.54) is 0 Å². The molecule has 114 valence electrons. The Hall–Kier alpha value is -0.830. The molecule has 0 radical (unpaired) electrons. The average Bonchev–Trinajstić information content (AvgIpc) is 2.32. The number of carbonyl (C=O) groups excluding carboxylic acids is 1. The van der Waals surface area contributed by atoms with Gasteiger partial charge < -0.3 is 10.2 Å². The molecule has 0 amide bonds. The van der Waals surface area contributed by atoms with Crippen LogP contribution in [-0.2, 0) is 9.53 Å². The third kappa shape index (κ3) is 17.2. The highest BCUT2D eigenvalue weighted by atomic mass is 32.2. The number of hydrogen-bond donors (Lipinski definition) is 4. The van der Waals surface area contributed by atoms with Crippen molar-refractivity contribution in [2.24, 2.45) is 4.99 Å². The summed E-state index contributed by atoms with van der Waals surface area (Å²) in [7, 11) is 5.25. The first-order valence-corrected chi connectivity index (χ1v) is 7.08. The van der Waals surface area contributed by atoms with Crippen molar-refractivity contribution in [1.82, 2.24) is 21.7 Å². The zero-order valence-corrected chi connectivity index (χ0v) is 13.7. The van der Waals surface area contributed by atoms with Gasteiger partial charge in [-0.05, 0) is 34.1 Å². The van der Waals surface area contributed by atoms with Crippen LogP contribution in [0.25, 0.3) is 0 Å². The first kappa shape index (κ1) is 20.5. The van der Waals surface area contributed by atoms with E-state index >= 15 is 0 Å². The lowest BCUT2D eigenvalue weighted by Crippen LogP contribution is -2.36. The summed E-state index contributed by atoms with van der Waals surface area (Å²) >= 11 is 1.57. The molecule has 0 aliphatic carbocycles. The smallest absolute Gasteiger partial charge is 0.321 e. The maximum Gasteiger partial charge on any atom is 0.321 e. The number of hydrogen-bond acceptors (Lipinski definition) is 7. The normalized spacial score (nSPS) is 11.4. The number of nitrogens with one attached hydrogen (secondary N) is 4. The van der Waals surface area contributed by atoms with Crippen molar-refractivity contribution >= 4 is 22.9 Å². The second-order valence-electron chi connectivity index (χ2n) is 4.30. The Morgan fingerprint density at radius 3 is 2.11 bits per heavy atom.